The Morgan fingerprint density at radius 3 is 0.930 bits per heavy atom. The van der Waals surface area contributed by atoms with Crippen LogP contribution in [0.25, 0.3) is 0 Å². The summed E-state index contributed by atoms with van der Waals surface area (Å²) in [5, 5.41) is 0. The lowest BCUT2D eigenvalue weighted by atomic mass is 9.76. The van der Waals surface area contributed by atoms with E-state index in [2.05, 4.69) is 132 Å². The maximum atomic E-state index is 13.4. The van der Waals surface area contributed by atoms with Crippen LogP contribution < -0.4 is 28.7 Å². The van der Waals surface area contributed by atoms with Crippen molar-refractivity contribution in [1.82, 2.24) is 0 Å². The lowest BCUT2D eigenvalue weighted by Gasteiger charge is -2.29. The van der Waals surface area contributed by atoms with Crippen LogP contribution in [-0.4, -0.2) is 89.3 Å². The zero-order chi connectivity index (χ0) is 50.7. The van der Waals surface area contributed by atoms with Gasteiger partial charge in [0.2, 0.25) is 0 Å². The number of epoxide rings is 2. The van der Waals surface area contributed by atoms with Gasteiger partial charge in [-0.05, 0) is 153 Å². The van der Waals surface area contributed by atoms with Crippen LogP contribution in [0.4, 0.5) is 21.0 Å². The van der Waals surface area contributed by atoms with E-state index in [1.165, 1.54) is 22.3 Å². The first kappa shape index (κ1) is 49.7. The Balaban J connectivity index is 0.811. The highest BCUT2D eigenvalue weighted by atomic mass is 16.6. The Morgan fingerprint density at radius 1 is 0.423 bits per heavy atom. The van der Waals surface area contributed by atoms with E-state index in [9.17, 15) is 9.59 Å². The molecule has 0 aromatic heterocycles. The topological polar surface area (TPSA) is 121 Å². The Morgan fingerprint density at radius 2 is 0.676 bits per heavy atom. The third-order valence-corrected chi connectivity index (χ3v) is 14.6. The van der Waals surface area contributed by atoms with Crippen LogP contribution >= 0.6 is 0 Å². The highest BCUT2D eigenvalue weighted by Gasteiger charge is 2.37. The molecule has 12 nitrogen and oxygen atoms in total. The molecule has 0 bridgehead atoms. The lowest BCUT2D eigenvalue weighted by Crippen LogP contribution is -2.29. The quantitative estimate of drug-likeness (QED) is 0.0785. The molecule has 9 rings (SSSR count). The third-order valence-electron chi connectivity index (χ3n) is 14.6. The summed E-state index contributed by atoms with van der Waals surface area (Å²) in [5.41, 5.74) is 14.8. The van der Waals surface area contributed by atoms with Crippen molar-refractivity contribution in [1.29, 1.82) is 0 Å². The predicted octanol–water partition coefficient (Wildman–Crippen LogP) is 11.5. The molecular weight excluding hydrogens is 897 g/mol. The molecule has 4 atom stereocenters. The second-order valence-electron chi connectivity index (χ2n) is 21.4. The minimum Gasteiger partial charge on any atom is -0.490 e. The molecule has 2 amide bonds. The summed E-state index contributed by atoms with van der Waals surface area (Å²) < 4.78 is 47.5. The summed E-state index contributed by atoms with van der Waals surface area (Å²) in [4.78, 5) is 30.1. The highest BCUT2D eigenvalue weighted by Crippen LogP contribution is 2.41. The number of cyclic esters (lactones) is 2. The van der Waals surface area contributed by atoms with Crippen molar-refractivity contribution < 1.29 is 47.5 Å². The van der Waals surface area contributed by atoms with Gasteiger partial charge in [0.15, 0.2) is 12.2 Å². The van der Waals surface area contributed by atoms with Crippen LogP contribution in [-0.2, 0) is 29.8 Å². The van der Waals surface area contributed by atoms with Crippen LogP contribution in [0.15, 0.2) is 66.7 Å². The summed E-state index contributed by atoms with van der Waals surface area (Å²) in [6.45, 7) is 31.2. The molecule has 4 aliphatic heterocycles. The number of rotatable bonds is 18. The average Bonchev–Trinajstić information content (AvgIpc) is 4.24. The number of nitrogens with zero attached hydrogens (tertiary/aromatic N) is 2. The molecule has 0 saturated carbocycles. The number of aryl methyl sites for hydroxylation is 9. The van der Waals surface area contributed by atoms with Gasteiger partial charge in [0.25, 0.3) is 0 Å². The molecular formula is C59H70N2O10. The van der Waals surface area contributed by atoms with Crippen molar-refractivity contribution in [2.24, 2.45) is 0 Å². The SMILES string of the molecule is Cc1cc(N2CC(COc3c(C)cc(C(C)(C)c4cc(C)c(OCC5CO5)c(C)c4)cc3C)OC2=O)cc(N2CC(COc3c(C)cc(C(C)(C)c4cc(C)c(OCC5CO5)c(C)c4)cc3C)OC2=O)c1. The van der Waals surface area contributed by atoms with Gasteiger partial charge in [0, 0.05) is 22.2 Å². The van der Waals surface area contributed by atoms with Gasteiger partial charge in [-0.15, -0.1) is 0 Å². The molecule has 0 spiro atoms. The Labute approximate surface area is 419 Å². The van der Waals surface area contributed by atoms with Crippen LogP contribution in [0.3, 0.4) is 0 Å². The standard InChI is InChI=1S/C59H70N2O10/c1-33-14-46(60-25-48(70-56(60)62)27-66-52-34(2)16-42(17-35(52)3)58(10,11)44-20-38(6)54(39(7)21-44)68-31-50-29-64-50)24-47(15-33)61-26-49(71-57(61)63)28-67-53-36(4)18-43(19-37(53)5)59(12,13)45-22-40(8)55(41(9)23-45)69-32-51-30-65-51/h14-24,48-51H,25-32H2,1-13H3. The van der Waals surface area contributed by atoms with Gasteiger partial charge in [0.05, 0.1) is 26.3 Å². The van der Waals surface area contributed by atoms with E-state index in [0.717, 1.165) is 86.3 Å². The minimum atomic E-state index is -0.502. The first-order valence-corrected chi connectivity index (χ1v) is 25.0. The largest absolute Gasteiger partial charge is 0.490 e. The number of amides is 2. The maximum absolute atomic E-state index is 13.4. The van der Waals surface area contributed by atoms with Crippen LogP contribution in [0.1, 0.15) is 100 Å². The smallest absolute Gasteiger partial charge is 0.414 e. The number of carbonyl (C=O) groups excluding carboxylic acids is 2. The van der Waals surface area contributed by atoms with Gasteiger partial charge in [0.1, 0.15) is 61.6 Å². The summed E-state index contributed by atoms with van der Waals surface area (Å²) in [5.74, 6) is 3.41. The summed E-state index contributed by atoms with van der Waals surface area (Å²) in [7, 11) is 0. The monoisotopic (exact) mass is 967 g/mol. The zero-order valence-electron chi connectivity index (χ0n) is 43.8. The van der Waals surface area contributed by atoms with E-state index in [1.54, 1.807) is 9.80 Å². The molecule has 4 aliphatic rings. The first-order valence-electron chi connectivity index (χ1n) is 25.0. The third kappa shape index (κ3) is 10.6. The van der Waals surface area contributed by atoms with Crippen LogP contribution in [0, 0.1) is 62.3 Å². The highest BCUT2D eigenvalue weighted by molar-refractivity contribution is 5.94. The second kappa shape index (κ2) is 19.4. The fourth-order valence-corrected chi connectivity index (χ4v) is 10.2. The molecule has 4 unspecified atom stereocenters. The normalized spacial score (nSPS) is 19.7. The lowest BCUT2D eigenvalue weighted by molar-refractivity contribution is 0.104. The molecule has 4 fully saturated rings. The van der Waals surface area contributed by atoms with Gasteiger partial charge < -0.3 is 37.9 Å². The fourth-order valence-electron chi connectivity index (χ4n) is 10.2. The molecule has 12 heteroatoms. The molecule has 4 saturated heterocycles. The van der Waals surface area contributed by atoms with Gasteiger partial charge in [-0.3, -0.25) is 9.80 Å². The van der Waals surface area contributed by atoms with Crippen molar-refractivity contribution in [3.05, 3.63) is 139 Å². The average molecular weight is 967 g/mol. The number of carbonyl (C=O) groups is 2. The van der Waals surface area contributed by atoms with Crippen LogP contribution in [0.2, 0.25) is 0 Å². The minimum absolute atomic E-state index is 0.191. The Kier molecular flexibility index (Phi) is 13.6. The number of hydrogen-bond donors (Lipinski definition) is 0. The molecule has 5 aromatic rings. The Bertz CT molecular complexity index is 2600. The van der Waals surface area contributed by atoms with Crippen molar-refractivity contribution in [2.75, 3.05) is 62.5 Å². The predicted molar refractivity (Wildman–Crippen MR) is 276 cm³/mol. The van der Waals surface area contributed by atoms with Crippen molar-refractivity contribution in [3.8, 4) is 23.0 Å². The van der Waals surface area contributed by atoms with E-state index in [4.69, 9.17) is 37.9 Å². The number of anilines is 2. The van der Waals surface area contributed by atoms with Crippen molar-refractivity contribution in [3.63, 3.8) is 0 Å². The summed E-state index contributed by atoms with van der Waals surface area (Å²) in [6, 6.07) is 23.3. The molecule has 71 heavy (non-hydrogen) atoms. The second-order valence-corrected chi connectivity index (χ2v) is 21.4. The van der Waals surface area contributed by atoms with Gasteiger partial charge in [-0.2, -0.15) is 0 Å². The maximum Gasteiger partial charge on any atom is 0.414 e. The molecule has 0 aliphatic carbocycles. The van der Waals surface area contributed by atoms with Gasteiger partial charge in [-0.25, -0.2) is 9.59 Å². The summed E-state index contributed by atoms with van der Waals surface area (Å²) >= 11 is 0. The zero-order valence-corrected chi connectivity index (χ0v) is 43.8. The van der Waals surface area contributed by atoms with Crippen molar-refractivity contribution >= 4 is 23.6 Å². The summed E-state index contributed by atoms with van der Waals surface area (Å²) in [6.07, 6.45) is -1.53. The van der Waals surface area contributed by atoms with E-state index in [0.29, 0.717) is 37.7 Å². The molecule has 376 valence electrons. The van der Waals surface area contributed by atoms with E-state index in [1.807, 2.05) is 25.1 Å². The molecule has 0 N–H and O–H groups in total. The van der Waals surface area contributed by atoms with E-state index in [-0.39, 0.29) is 36.3 Å². The number of hydrogen-bond acceptors (Lipinski definition) is 10. The number of benzene rings is 5. The fraction of sp³-hybridized carbons (Fsp3) is 0.458. The van der Waals surface area contributed by atoms with Gasteiger partial charge in [-0.1, -0.05) is 76.2 Å². The van der Waals surface area contributed by atoms with E-state index < -0.39 is 24.4 Å². The van der Waals surface area contributed by atoms with Crippen molar-refractivity contribution in [2.45, 2.75) is 125 Å². The molecule has 0 radical (unpaired) electrons. The van der Waals surface area contributed by atoms with Crippen LogP contribution in [0.5, 0.6) is 23.0 Å². The van der Waals surface area contributed by atoms with Gasteiger partial charge >= 0.3 is 12.2 Å². The first-order chi connectivity index (χ1) is 33.7. The van der Waals surface area contributed by atoms with E-state index >= 15 is 0 Å². The molecule has 5 aromatic carbocycles. The Hall–Kier alpha value is -6.24. The number of ether oxygens (including phenoxy) is 8. The molecule has 4 heterocycles.